The number of hydrogen-bond acceptors (Lipinski definition) is 6. The van der Waals surface area contributed by atoms with Crippen molar-refractivity contribution < 1.29 is 14.3 Å². The highest BCUT2D eigenvalue weighted by atomic mass is 35.5. The molecule has 0 saturated heterocycles. The van der Waals surface area contributed by atoms with Crippen molar-refractivity contribution in [1.29, 1.82) is 0 Å². The normalized spacial score (nSPS) is 13.7. The number of H-pyrrole nitrogens is 1. The molecule has 1 aliphatic rings. The van der Waals surface area contributed by atoms with Crippen LogP contribution in [0.1, 0.15) is 39.2 Å². The summed E-state index contributed by atoms with van der Waals surface area (Å²) in [5.41, 5.74) is 3.12. The number of amides is 1. The first-order valence-electron chi connectivity index (χ1n) is 9.38. The quantitative estimate of drug-likeness (QED) is 0.548. The molecule has 1 aliphatic heterocycles. The van der Waals surface area contributed by atoms with Crippen molar-refractivity contribution in [3.8, 4) is 11.5 Å². The van der Waals surface area contributed by atoms with E-state index in [0.717, 1.165) is 29.8 Å². The SMILES string of the molecule is COc1cc(OC)cc(C(NC(=O)c2n[nH]c3c2CNCC3)c2nccn2C)c1.Cl. The molecule has 9 nitrogen and oxygen atoms in total. The van der Waals surface area contributed by atoms with E-state index >= 15 is 0 Å². The zero-order valence-electron chi connectivity index (χ0n) is 17.1. The molecule has 0 fully saturated rings. The Bertz CT molecular complexity index is 1010. The highest BCUT2D eigenvalue weighted by molar-refractivity contribution is 5.94. The van der Waals surface area contributed by atoms with Crippen molar-refractivity contribution in [2.45, 2.75) is 19.0 Å². The first-order chi connectivity index (χ1) is 14.1. The van der Waals surface area contributed by atoms with Gasteiger partial charge in [0.2, 0.25) is 0 Å². The lowest BCUT2D eigenvalue weighted by Crippen LogP contribution is -2.33. The van der Waals surface area contributed by atoms with Gasteiger partial charge < -0.3 is 24.7 Å². The minimum Gasteiger partial charge on any atom is -0.497 e. The number of halogens is 1. The Morgan fingerprint density at radius 1 is 1.23 bits per heavy atom. The molecule has 0 saturated carbocycles. The van der Waals surface area contributed by atoms with Crippen LogP contribution in [0.5, 0.6) is 11.5 Å². The summed E-state index contributed by atoms with van der Waals surface area (Å²) < 4.78 is 12.7. The summed E-state index contributed by atoms with van der Waals surface area (Å²) in [5, 5.41) is 13.6. The lowest BCUT2D eigenvalue weighted by atomic mass is 10.0. The number of aromatic nitrogens is 4. The van der Waals surface area contributed by atoms with Gasteiger partial charge in [0, 0.05) is 56.3 Å². The van der Waals surface area contributed by atoms with E-state index in [4.69, 9.17) is 9.47 Å². The Hall–Kier alpha value is -3.04. The smallest absolute Gasteiger partial charge is 0.272 e. The maximum absolute atomic E-state index is 13.2. The molecule has 3 heterocycles. The van der Waals surface area contributed by atoms with E-state index in [2.05, 4.69) is 25.8 Å². The van der Waals surface area contributed by atoms with Gasteiger partial charge in [-0.05, 0) is 17.7 Å². The second-order valence-corrected chi connectivity index (χ2v) is 6.90. The minimum absolute atomic E-state index is 0. The molecule has 4 rings (SSSR count). The second kappa shape index (κ2) is 9.19. The largest absolute Gasteiger partial charge is 0.497 e. The molecule has 3 N–H and O–H groups in total. The number of aryl methyl sites for hydroxylation is 1. The van der Waals surface area contributed by atoms with Gasteiger partial charge in [-0.2, -0.15) is 5.10 Å². The van der Waals surface area contributed by atoms with Crippen molar-refractivity contribution in [1.82, 2.24) is 30.4 Å². The van der Waals surface area contributed by atoms with Gasteiger partial charge >= 0.3 is 0 Å². The molecule has 2 aromatic heterocycles. The molecular weight excluding hydrogens is 408 g/mol. The summed E-state index contributed by atoms with van der Waals surface area (Å²) in [7, 11) is 5.07. The van der Waals surface area contributed by atoms with Crippen LogP contribution in [0.3, 0.4) is 0 Å². The van der Waals surface area contributed by atoms with Gasteiger partial charge in [0.1, 0.15) is 23.4 Å². The summed E-state index contributed by atoms with van der Waals surface area (Å²) in [4.78, 5) is 17.6. The van der Waals surface area contributed by atoms with Crippen LogP contribution in [0, 0.1) is 0 Å². The zero-order chi connectivity index (χ0) is 20.4. The summed E-state index contributed by atoms with van der Waals surface area (Å²) in [6.07, 6.45) is 4.37. The Labute approximate surface area is 180 Å². The fraction of sp³-hybridized carbons (Fsp3) is 0.350. The molecule has 0 aliphatic carbocycles. The van der Waals surface area contributed by atoms with Crippen LogP contribution in [0.15, 0.2) is 30.6 Å². The molecule has 1 aromatic carbocycles. The lowest BCUT2D eigenvalue weighted by Gasteiger charge is -2.21. The number of carbonyl (C=O) groups is 1. The first kappa shape index (κ1) is 21.7. The van der Waals surface area contributed by atoms with E-state index in [1.165, 1.54) is 0 Å². The maximum Gasteiger partial charge on any atom is 0.272 e. The van der Waals surface area contributed by atoms with Gasteiger partial charge in [-0.25, -0.2) is 4.98 Å². The van der Waals surface area contributed by atoms with Crippen LogP contribution < -0.4 is 20.1 Å². The van der Waals surface area contributed by atoms with Crippen LogP contribution in [-0.4, -0.2) is 46.4 Å². The summed E-state index contributed by atoms with van der Waals surface area (Å²) in [6.45, 7) is 1.49. The first-order valence-corrected chi connectivity index (χ1v) is 9.38. The molecule has 1 amide bonds. The number of nitrogens with one attached hydrogen (secondary N) is 3. The van der Waals surface area contributed by atoms with Crippen LogP contribution in [-0.2, 0) is 20.0 Å². The lowest BCUT2D eigenvalue weighted by molar-refractivity contribution is 0.0934. The van der Waals surface area contributed by atoms with Crippen molar-refractivity contribution >= 4 is 18.3 Å². The van der Waals surface area contributed by atoms with Crippen LogP contribution >= 0.6 is 12.4 Å². The number of benzene rings is 1. The van der Waals surface area contributed by atoms with Gasteiger partial charge in [0.05, 0.1) is 14.2 Å². The number of imidazole rings is 1. The highest BCUT2D eigenvalue weighted by Gasteiger charge is 2.27. The van der Waals surface area contributed by atoms with Gasteiger partial charge in [-0.15, -0.1) is 12.4 Å². The molecular formula is C20H25ClN6O3. The number of ether oxygens (including phenoxy) is 2. The highest BCUT2D eigenvalue weighted by Crippen LogP contribution is 2.30. The zero-order valence-corrected chi connectivity index (χ0v) is 17.9. The van der Waals surface area contributed by atoms with Gasteiger partial charge in [-0.1, -0.05) is 0 Å². The fourth-order valence-corrected chi connectivity index (χ4v) is 3.56. The molecule has 1 unspecified atom stereocenters. The van der Waals surface area contributed by atoms with E-state index in [1.807, 2.05) is 29.9 Å². The van der Waals surface area contributed by atoms with E-state index in [0.29, 0.717) is 29.6 Å². The number of aromatic amines is 1. The van der Waals surface area contributed by atoms with Crippen LogP contribution in [0.4, 0.5) is 0 Å². The van der Waals surface area contributed by atoms with Crippen LogP contribution in [0.25, 0.3) is 0 Å². The second-order valence-electron chi connectivity index (χ2n) is 6.90. The van der Waals surface area contributed by atoms with E-state index < -0.39 is 6.04 Å². The monoisotopic (exact) mass is 432 g/mol. The van der Waals surface area contributed by atoms with Crippen molar-refractivity contribution in [3.63, 3.8) is 0 Å². The molecule has 160 valence electrons. The number of hydrogen-bond donors (Lipinski definition) is 3. The molecule has 3 aromatic rings. The van der Waals surface area contributed by atoms with Gasteiger partial charge in [-0.3, -0.25) is 9.89 Å². The third-order valence-electron chi connectivity index (χ3n) is 5.12. The fourth-order valence-electron chi connectivity index (χ4n) is 3.56. The van der Waals surface area contributed by atoms with Gasteiger partial charge in [0.15, 0.2) is 5.69 Å². The third-order valence-corrected chi connectivity index (χ3v) is 5.12. The summed E-state index contributed by atoms with van der Waals surface area (Å²) in [6, 6.07) is 5.01. The number of nitrogens with zero attached hydrogens (tertiary/aromatic N) is 3. The van der Waals surface area contributed by atoms with E-state index in [-0.39, 0.29) is 18.3 Å². The predicted molar refractivity (Wildman–Crippen MR) is 113 cm³/mol. The van der Waals surface area contributed by atoms with Gasteiger partial charge in [0.25, 0.3) is 5.91 Å². The van der Waals surface area contributed by atoms with Crippen LogP contribution in [0.2, 0.25) is 0 Å². The number of carbonyl (C=O) groups excluding carboxylic acids is 1. The molecule has 0 radical (unpaired) electrons. The molecule has 30 heavy (non-hydrogen) atoms. The molecule has 1 atom stereocenters. The Morgan fingerprint density at radius 3 is 2.60 bits per heavy atom. The number of fused-ring (bicyclic) bond motifs is 1. The minimum atomic E-state index is -0.504. The van der Waals surface area contributed by atoms with Crippen molar-refractivity contribution in [2.75, 3.05) is 20.8 Å². The third kappa shape index (κ3) is 4.12. The number of methoxy groups -OCH3 is 2. The summed E-state index contributed by atoms with van der Waals surface area (Å²) in [5.74, 6) is 1.69. The molecule has 0 bridgehead atoms. The molecule has 0 spiro atoms. The van der Waals surface area contributed by atoms with Crippen molar-refractivity contribution in [2.24, 2.45) is 7.05 Å². The Morgan fingerprint density at radius 2 is 1.97 bits per heavy atom. The topological polar surface area (TPSA) is 106 Å². The Kier molecular flexibility index (Phi) is 6.63. The van der Waals surface area contributed by atoms with Crippen molar-refractivity contribution in [3.05, 3.63) is 58.9 Å². The van der Waals surface area contributed by atoms with E-state index in [1.54, 1.807) is 26.5 Å². The predicted octanol–water partition coefficient (Wildman–Crippen LogP) is 1.75. The average molecular weight is 433 g/mol. The maximum atomic E-state index is 13.2. The van der Waals surface area contributed by atoms with E-state index in [9.17, 15) is 4.79 Å². The molecule has 10 heteroatoms. The Balaban J connectivity index is 0.00000256. The number of rotatable bonds is 6. The average Bonchev–Trinajstić information content (AvgIpc) is 3.37. The summed E-state index contributed by atoms with van der Waals surface area (Å²) >= 11 is 0. The standard InChI is InChI=1S/C20H24N6O3.ClH/c1-26-7-6-22-19(26)17(12-8-13(28-2)10-14(9-12)29-3)23-20(27)18-15-11-21-5-4-16(15)24-25-18;/h6-10,17,21H,4-5,11H2,1-3H3,(H,23,27)(H,24,25);1H.